The summed E-state index contributed by atoms with van der Waals surface area (Å²) in [5.74, 6) is -1.53. The molecule has 0 aromatic heterocycles. The first-order valence-corrected chi connectivity index (χ1v) is 7.60. The Bertz CT molecular complexity index is 701. The van der Waals surface area contributed by atoms with Crippen molar-refractivity contribution in [2.75, 3.05) is 6.61 Å². The topological polar surface area (TPSA) is 43.4 Å². The number of esters is 1. The molecule has 0 saturated carbocycles. The van der Waals surface area contributed by atoms with Gasteiger partial charge in [0.2, 0.25) is 5.78 Å². The Labute approximate surface area is 131 Å². The van der Waals surface area contributed by atoms with Crippen LogP contribution in [0.3, 0.4) is 0 Å². The molecule has 1 unspecified atom stereocenters. The summed E-state index contributed by atoms with van der Waals surface area (Å²) in [5, 5.41) is 2.08. The largest absolute Gasteiger partial charge is 0.460 e. The molecule has 0 aliphatic carbocycles. The minimum atomic E-state index is -0.744. The highest BCUT2D eigenvalue weighted by Gasteiger charge is 2.26. The monoisotopic (exact) mass is 298 g/mol. The van der Waals surface area contributed by atoms with Gasteiger partial charge in [-0.15, -0.1) is 0 Å². The molecule has 3 heteroatoms. The third-order valence-electron chi connectivity index (χ3n) is 3.65. The number of benzene rings is 2. The molecule has 2 aromatic carbocycles. The van der Waals surface area contributed by atoms with Crippen LogP contribution in [0.15, 0.2) is 36.4 Å². The lowest BCUT2D eigenvalue weighted by Crippen LogP contribution is -2.24. The molecule has 0 spiro atoms. The van der Waals surface area contributed by atoms with Gasteiger partial charge in [0, 0.05) is 0 Å². The van der Waals surface area contributed by atoms with Crippen LogP contribution in [0.2, 0.25) is 0 Å². The number of carbonyl (C=O) groups is 2. The zero-order chi connectivity index (χ0) is 16.3. The van der Waals surface area contributed by atoms with Crippen LogP contribution >= 0.6 is 0 Å². The van der Waals surface area contributed by atoms with E-state index in [1.54, 1.807) is 6.92 Å². The number of ketones is 1. The van der Waals surface area contributed by atoms with Crippen molar-refractivity contribution in [1.82, 2.24) is 0 Å². The second kappa shape index (κ2) is 6.73. The van der Waals surface area contributed by atoms with Gasteiger partial charge < -0.3 is 4.74 Å². The van der Waals surface area contributed by atoms with E-state index >= 15 is 0 Å². The van der Waals surface area contributed by atoms with E-state index < -0.39 is 17.7 Å². The average molecular weight is 298 g/mol. The van der Waals surface area contributed by atoms with Gasteiger partial charge in [-0.3, -0.25) is 4.79 Å². The molecule has 0 radical (unpaired) electrons. The fourth-order valence-corrected chi connectivity index (χ4v) is 2.49. The SMILES string of the molecule is Cc1cc(C(C)C(=O)C(=O)OCC(C)C)c2ccccc2c1. The smallest absolute Gasteiger partial charge is 0.375 e. The van der Waals surface area contributed by atoms with E-state index in [2.05, 4.69) is 6.07 Å². The van der Waals surface area contributed by atoms with Gasteiger partial charge in [-0.1, -0.05) is 62.7 Å². The number of Topliss-reactive ketones (excluding diaryl/α,β-unsaturated/α-hetero) is 1. The Kier molecular flexibility index (Phi) is 4.96. The second-order valence-electron chi connectivity index (χ2n) is 6.15. The van der Waals surface area contributed by atoms with Gasteiger partial charge in [-0.2, -0.15) is 0 Å². The van der Waals surface area contributed by atoms with Gasteiger partial charge in [0.15, 0.2) is 0 Å². The van der Waals surface area contributed by atoms with Crippen molar-refractivity contribution < 1.29 is 14.3 Å². The Morgan fingerprint density at radius 2 is 1.77 bits per heavy atom. The van der Waals surface area contributed by atoms with E-state index in [0.717, 1.165) is 21.9 Å². The fraction of sp³-hybridized carbons (Fsp3) is 0.368. The van der Waals surface area contributed by atoms with Crippen molar-refractivity contribution in [1.29, 1.82) is 0 Å². The van der Waals surface area contributed by atoms with Gasteiger partial charge in [0.05, 0.1) is 12.5 Å². The number of fused-ring (bicyclic) bond motifs is 1. The van der Waals surface area contributed by atoms with Crippen LogP contribution < -0.4 is 0 Å². The zero-order valence-corrected chi connectivity index (χ0v) is 13.6. The van der Waals surface area contributed by atoms with Crippen LogP contribution in [0.5, 0.6) is 0 Å². The van der Waals surface area contributed by atoms with Crippen molar-refractivity contribution in [2.24, 2.45) is 5.92 Å². The molecule has 2 rings (SSSR count). The van der Waals surface area contributed by atoms with E-state index in [9.17, 15) is 9.59 Å². The van der Waals surface area contributed by atoms with Gasteiger partial charge in [0.1, 0.15) is 0 Å². The summed E-state index contributed by atoms with van der Waals surface area (Å²) in [6.45, 7) is 7.90. The molecule has 0 heterocycles. The molecular weight excluding hydrogens is 276 g/mol. The maximum atomic E-state index is 12.3. The maximum Gasteiger partial charge on any atom is 0.375 e. The predicted molar refractivity (Wildman–Crippen MR) is 87.9 cm³/mol. The summed E-state index contributed by atoms with van der Waals surface area (Å²) in [7, 11) is 0. The second-order valence-corrected chi connectivity index (χ2v) is 6.15. The highest BCUT2D eigenvalue weighted by Crippen LogP contribution is 2.28. The zero-order valence-electron chi connectivity index (χ0n) is 13.6. The molecule has 0 amide bonds. The average Bonchev–Trinajstić information content (AvgIpc) is 2.50. The number of hydrogen-bond donors (Lipinski definition) is 0. The molecule has 22 heavy (non-hydrogen) atoms. The minimum Gasteiger partial charge on any atom is -0.460 e. The van der Waals surface area contributed by atoms with Crippen LogP contribution in [0.25, 0.3) is 10.8 Å². The molecular formula is C19H22O3. The normalized spacial score (nSPS) is 12.4. The third kappa shape index (κ3) is 3.53. The van der Waals surface area contributed by atoms with E-state index in [1.807, 2.05) is 51.1 Å². The molecule has 1 atom stereocenters. The fourth-order valence-electron chi connectivity index (χ4n) is 2.49. The minimum absolute atomic E-state index is 0.215. The first kappa shape index (κ1) is 16.2. The molecule has 0 bridgehead atoms. The standard InChI is InChI=1S/C19H22O3/c1-12(2)11-22-19(21)18(20)14(4)17-10-13(3)9-15-7-5-6-8-16(15)17/h5-10,12,14H,11H2,1-4H3. The van der Waals surface area contributed by atoms with Crippen LogP contribution in [0.1, 0.15) is 37.8 Å². The van der Waals surface area contributed by atoms with E-state index in [1.165, 1.54) is 0 Å². The van der Waals surface area contributed by atoms with E-state index in [0.29, 0.717) is 0 Å². The highest BCUT2D eigenvalue weighted by molar-refractivity contribution is 6.36. The Hall–Kier alpha value is -2.16. The number of ether oxygens (including phenoxy) is 1. The van der Waals surface area contributed by atoms with Crippen LogP contribution in [0.4, 0.5) is 0 Å². The van der Waals surface area contributed by atoms with Gasteiger partial charge >= 0.3 is 5.97 Å². The third-order valence-corrected chi connectivity index (χ3v) is 3.65. The van der Waals surface area contributed by atoms with Gasteiger partial charge in [-0.25, -0.2) is 4.79 Å². The summed E-state index contributed by atoms with van der Waals surface area (Å²) in [4.78, 5) is 24.2. The van der Waals surface area contributed by atoms with Crippen LogP contribution in [-0.4, -0.2) is 18.4 Å². The number of rotatable bonds is 5. The maximum absolute atomic E-state index is 12.3. The van der Waals surface area contributed by atoms with Crippen molar-refractivity contribution in [3.8, 4) is 0 Å². The summed E-state index contributed by atoms with van der Waals surface area (Å²) in [6, 6.07) is 11.9. The summed E-state index contributed by atoms with van der Waals surface area (Å²) < 4.78 is 5.06. The lowest BCUT2D eigenvalue weighted by molar-refractivity contribution is -0.155. The quantitative estimate of drug-likeness (QED) is 0.618. The molecule has 0 fully saturated rings. The van der Waals surface area contributed by atoms with Gasteiger partial charge in [0.25, 0.3) is 0 Å². The molecule has 116 valence electrons. The lowest BCUT2D eigenvalue weighted by Gasteiger charge is -2.15. The van der Waals surface area contributed by atoms with Crippen molar-refractivity contribution in [3.05, 3.63) is 47.5 Å². The number of hydrogen-bond acceptors (Lipinski definition) is 3. The molecule has 0 aliphatic heterocycles. The Balaban J connectivity index is 2.31. The van der Waals surface area contributed by atoms with E-state index in [4.69, 9.17) is 4.74 Å². The summed E-state index contributed by atoms with van der Waals surface area (Å²) in [6.07, 6.45) is 0. The first-order chi connectivity index (χ1) is 10.4. The van der Waals surface area contributed by atoms with E-state index in [-0.39, 0.29) is 12.5 Å². The Morgan fingerprint density at radius 1 is 1.09 bits per heavy atom. The number of aryl methyl sites for hydroxylation is 1. The van der Waals surface area contributed by atoms with Crippen LogP contribution in [0, 0.1) is 12.8 Å². The Morgan fingerprint density at radius 3 is 2.45 bits per heavy atom. The summed E-state index contributed by atoms with van der Waals surface area (Å²) >= 11 is 0. The van der Waals surface area contributed by atoms with Crippen molar-refractivity contribution >= 4 is 22.5 Å². The van der Waals surface area contributed by atoms with Crippen molar-refractivity contribution in [3.63, 3.8) is 0 Å². The lowest BCUT2D eigenvalue weighted by atomic mass is 9.90. The molecule has 0 N–H and O–H groups in total. The molecule has 3 nitrogen and oxygen atoms in total. The predicted octanol–water partition coefficient (Wildman–Crippen LogP) is 4.02. The first-order valence-electron chi connectivity index (χ1n) is 7.60. The van der Waals surface area contributed by atoms with Crippen LogP contribution in [-0.2, 0) is 14.3 Å². The number of carbonyl (C=O) groups excluding carboxylic acids is 2. The molecule has 0 aliphatic rings. The molecule has 0 saturated heterocycles. The highest BCUT2D eigenvalue weighted by atomic mass is 16.5. The van der Waals surface area contributed by atoms with Gasteiger partial charge in [-0.05, 0) is 29.2 Å². The summed E-state index contributed by atoms with van der Waals surface area (Å²) in [5.41, 5.74) is 1.95. The van der Waals surface area contributed by atoms with Crippen molar-refractivity contribution in [2.45, 2.75) is 33.6 Å². The molecule has 2 aromatic rings.